The van der Waals surface area contributed by atoms with Crippen molar-refractivity contribution in [3.63, 3.8) is 0 Å². The van der Waals surface area contributed by atoms with Crippen molar-refractivity contribution in [2.24, 2.45) is 5.92 Å². The van der Waals surface area contributed by atoms with Gasteiger partial charge in [-0.3, -0.25) is 14.4 Å². The fourth-order valence-electron chi connectivity index (χ4n) is 3.82. The van der Waals surface area contributed by atoms with Crippen LogP contribution in [0.1, 0.15) is 41.2 Å². The van der Waals surface area contributed by atoms with Gasteiger partial charge in [0.2, 0.25) is 11.8 Å². The first-order valence-electron chi connectivity index (χ1n) is 11.0. The lowest BCUT2D eigenvalue weighted by atomic mass is 10.0. The highest BCUT2D eigenvalue weighted by atomic mass is 19.1. The van der Waals surface area contributed by atoms with Gasteiger partial charge in [0.1, 0.15) is 11.6 Å². The Hall–Kier alpha value is -4.34. The number of nitrogens with one attached hydrogen (secondary N) is 3. The number of ether oxygens (including phenoxy) is 1. The second-order valence-corrected chi connectivity index (χ2v) is 8.37. The third-order valence-electron chi connectivity index (χ3n) is 5.73. The van der Waals surface area contributed by atoms with Crippen molar-refractivity contribution >= 4 is 29.2 Å². The van der Waals surface area contributed by atoms with E-state index in [-0.39, 0.29) is 41.4 Å². The van der Waals surface area contributed by atoms with Crippen molar-refractivity contribution in [2.75, 3.05) is 10.6 Å². The fraction of sp³-hybridized carbons (Fsp3) is 0.200. The molecule has 0 saturated heterocycles. The smallest absolute Gasteiger partial charge is 0.252 e. The summed E-state index contributed by atoms with van der Waals surface area (Å²) < 4.78 is 34.8. The molecule has 1 aromatic heterocycles. The van der Waals surface area contributed by atoms with Gasteiger partial charge in [-0.25, -0.2) is 13.8 Å². The van der Waals surface area contributed by atoms with Crippen molar-refractivity contribution in [3.05, 3.63) is 77.5 Å². The molecular weight excluding hydrogens is 458 g/mol. The number of benzene rings is 2. The van der Waals surface area contributed by atoms with Gasteiger partial charge in [0.25, 0.3) is 5.91 Å². The predicted molar refractivity (Wildman–Crippen MR) is 122 cm³/mol. The van der Waals surface area contributed by atoms with Crippen molar-refractivity contribution in [2.45, 2.75) is 25.3 Å². The Morgan fingerprint density at radius 3 is 2.66 bits per heavy atom. The molecule has 0 radical (unpaired) electrons. The number of fused-ring (bicyclic) bond motifs is 1. The highest BCUT2D eigenvalue weighted by Crippen LogP contribution is 2.33. The highest BCUT2D eigenvalue weighted by Gasteiger charge is 2.30. The normalized spacial score (nSPS) is 16.3. The van der Waals surface area contributed by atoms with Crippen LogP contribution in [0.3, 0.4) is 0 Å². The minimum Gasteiger partial charge on any atom is -0.454 e. The summed E-state index contributed by atoms with van der Waals surface area (Å²) in [6, 6.07) is 10.8. The van der Waals surface area contributed by atoms with Crippen LogP contribution < -0.4 is 20.7 Å². The van der Waals surface area contributed by atoms with Crippen LogP contribution in [0.5, 0.6) is 11.5 Å². The van der Waals surface area contributed by atoms with Crippen LogP contribution in [0, 0.1) is 17.6 Å². The summed E-state index contributed by atoms with van der Waals surface area (Å²) in [6.07, 6.45) is 2.89. The van der Waals surface area contributed by atoms with Crippen LogP contribution in [-0.2, 0) is 9.59 Å². The lowest BCUT2D eigenvalue weighted by Gasteiger charge is -2.14. The minimum atomic E-state index is -0.901. The molecule has 2 heterocycles. The molecule has 178 valence electrons. The van der Waals surface area contributed by atoms with Gasteiger partial charge in [0.15, 0.2) is 17.4 Å². The minimum absolute atomic E-state index is 0.0182. The quantitative estimate of drug-likeness (QED) is 0.469. The number of pyridine rings is 1. The molecule has 0 spiro atoms. The van der Waals surface area contributed by atoms with Gasteiger partial charge in [-0.1, -0.05) is 18.2 Å². The number of halogens is 2. The van der Waals surface area contributed by atoms with Gasteiger partial charge < -0.3 is 20.7 Å². The number of amides is 3. The largest absolute Gasteiger partial charge is 0.454 e. The number of aromatic nitrogens is 1. The molecule has 10 heteroatoms. The summed E-state index contributed by atoms with van der Waals surface area (Å²) in [5.41, 5.74) is 0.799. The first-order chi connectivity index (χ1) is 16.9. The first-order valence-corrected chi connectivity index (χ1v) is 11.0. The molecule has 2 aliphatic rings. The van der Waals surface area contributed by atoms with E-state index in [1.165, 1.54) is 18.3 Å². The fourth-order valence-corrected chi connectivity index (χ4v) is 3.82. The van der Waals surface area contributed by atoms with Crippen LogP contribution >= 0.6 is 0 Å². The average molecular weight is 478 g/mol. The zero-order valence-electron chi connectivity index (χ0n) is 18.3. The molecule has 0 bridgehead atoms. The summed E-state index contributed by atoms with van der Waals surface area (Å²) >= 11 is 0. The van der Waals surface area contributed by atoms with E-state index in [0.29, 0.717) is 11.1 Å². The summed E-state index contributed by atoms with van der Waals surface area (Å²) in [4.78, 5) is 40.4. The van der Waals surface area contributed by atoms with E-state index in [0.717, 1.165) is 25.0 Å². The van der Waals surface area contributed by atoms with Crippen LogP contribution in [0.25, 0.3) is 0 Å². The number of anilines is 2. The second-order valence-electron chi connectivity index (χ2n) is 8.37. The molecule has 35 heavy (non-hydrogen) atoms. The van der Waals surface area contributed by atoms with Gasteiger partial charge in [-0.15, -0.1) is 0 Å². The van der Waals surface area contributed by atoms with E-state index < -0.39 is 29.3 Å². The van der Waals surface area contributed by atoms with Crippen LogP contribution in [0.2, 0.25) is 0 Å². The van der Waals surface area contributed by atoms with Crippen molar-refractivity contribution in [1.82, 2.24) is 10.3 Å². The number of hydrogen-bond donors (Lipinski definition) is 3. The molecule has 5 rings (SSSR count). The first kappa shape index (κ1) is 22.5. The van der Waals surface area contributed by atoms with Gasteiger partial charge in [0, 0.05) is 35.9 Å². The van der Waals surface area contributed by atoms with Crippen molar-refractivity contribution in [1.29, 1.82) is 0 Å². The van der Waals surface area contributed by atoms with E-state index in [1.54, 1.807) is 24.3 Å². The Kier molecular flexibility index (Phi) is 5.86. The topological polar surface area (TPSA) is 109 Å². The monoisotopic (exact) mass is 478 g/mol. The molecule has 8 nitrogen and oxygen atoms in total. The van der Waals surface area contributed by atoms with Crippen LogP contribution in [-0.4, -0.2) is 22.7 Å². The van der Waals surface area contributed by atoms with Crippen LogP contribution in [0.15, 0.2) is 54.7 Å². The number of nitrogens with zero attached hydrogens (tertiary/aromatic N) is 1. The molecule has 1 fully saturated rings. The van der Waals surface area contributed by atoms with E-state index in [9.17, 15) is 23.2 Å². The summed E-state index contributed by atoms with van der Waals surface area (Å²) in [7, 11) is 0. The number of rotatable bonds is 7. The zero-order chi connectivity index (χ0) is 24.5. The van der Waals surface area contributed by atoms with Crippen molar-refractivity contribution in [3.8, 4) is 11.5 Å². The van der Waals surface area contributed by atoms with Crippen LogP contribution in [0.4, 0.5) is 20.3 Å². The standard InChI is InChI=1S/C25H20F2N4O4/c26-17-11-21(35-14-7-8-28-22(9-14)31-24(33)13-5-6-13)18(27)10-20(17)29-23(32)12-19-15-3-1-2-4-16(15)25(34)30-19/h1-4,7-11,13,19H,5-6,12H2,(H,29,32)(H,30,34)(H,28,31,33). The average Bonchev–Trinajstić information content (AvgIpc) is 3.63. The molecule has 1 aliphatic carbocycles. The Morgan fingerprint density at radius 1 is 1.06 bits per heavy atom. The summed E-state index contributed by atoms with van der Waals surface area (Å²) in [6.45, 7) is 0. The number of carbonyl (C=O) groups excluding carboxylic acids is 3. The molecule has 1 unspecified atom stereocenters. The summed E-state index contributed by atoms with van der Waals surface area (Å²) in [5.74, 6) is -2.86. The highest BCUT2D eigenvalue weighted by molar-refractivity contribution is 6.00. The Morgan fingerprint density at radius 2 is 1.86 bits per heavy atom. The number of hydrogen-bond acceptors (Lipinski definition) is 5. The van der Waals surface area contributed by atoms with E-state index in [2.05, 4.69) is 20.9 Å². The van der Waals surface area contributed by atoms with Gasteiger partial charge in [0.05, 0.1) is 18.2 Å². The Balaban J connectivity index is 1.25. The lowest BCUT2D eigenvalue weighted by molar-refractivity contribution is -0.117. The third kappa shape index (κ3) is 4.96. The molecule has 1 atom stereocenters. The zero-order valence-corrected chi connectivity index (χ0v) is 18.3. The van der Waals surface area contributed by atoms with Crippen molar-refractivity contribution < 1.29 is 27.9 Å². The Bertz CT molecular complexity index is 1340. The second kappa shape index (κ2) is 9.13. The molecule has 3 amide bonds. The Labute approximate surface area is 198 Å². The van der Waals surface area contributed by atoms with E-state index in [4.69, 9.17) is 4.74 Å². The maximum atomic E-state index is 14.7. The lowest BCUT2D eigenvalue weighted by Crippen LogP contribution is -2.24. The maximum absolute atomic E-state index is 14.7. The van der Waals surface area contributed by atoms with Gasteiger partial charge >= 0.3 is 0 Å². The predicted octanol–water partition coefficient (Wildman–Crippen LogP) is 4.31. The molecule has 1 saturated carbocycles. The summed E-state index contributed by atoms with van der Waals surface area (Å²) in [5, 5.41) is 7.70. The van der Waals surface area contributed by atoms with E-state index >= 15 is 0 Å². The molecule has 3 aromatic rings. The maximum Gasteiger partial charge on any atom is 0.252 e. The molecule has 3 N–H and O–H groups in total. The molecule has 2 aromatic carbocycles. The molecule has 1 aliphatic heterocycles. The SMILES string of the molecule is O=C(CC1NC(=O)c2ccccc21)Nc1cc(F)c(Oc2ccnc(NC(=O)C3CC3)c2)cc1F. The van der Waals surface area contributed by atoms with Gasteiger partial charge in [-0.2, -0.15) is 0 Å². The number of carbonyl (C=O) groups is 3. The van der Waals surface area contributed by atoms with Gasteiger partial charge in [-0.05, 0) is 30.5 Å². The third-order valence-corrected chi connectivity index (χ3v) is 5.73. The molecular formula is C25H20F2N4O4. The van der Waals surface area contributed by atoms with E-state index in [1.807, 2.05) is 0 Å².